The Morgan fingerprint density at radius 2 is 1.17 bits per heavy atom. The number of carbonyl (C=O) groups is 4. The number of alkyl carbamates (subject to hydrolysis) is 1. The fourth-order valence-corrected chi connectivity index (χ4v) is 3.59. The van der Waals surface area contributed by atoms with Crippen LogP contribution in [0.25, 0.3) is 0 Å². The molecule has 0 aliphatic carbocycles. The average molecular weight is 569 g/mol. The van der Waals surface area contributed by atoms with Crippen LogP contribution < -0.4 is 21.3 Å². The number of guanidine groups is 1. The van der Waals surface area contributed by atoms with Crippen molar-refractivity contribution in [3.05, 3.63) is 125 Å². The van der Waals surface area contributed by atoms with Gasteiger partial charge in [0.05, 0.1) is 0 Å². The van der Waals surface area contributed by atoms with Gasteiger partial charge in [0.15, 0.2) is 0 Å². The van der Waals surface area contributed by atoms with Crippen LogP contribution >= 0.6 is 0 Å². The number of amides is 4. The molecule has 1 heterocycles. The Morgan fingerprint density at radius 1 is 0.619 bits per heavy atom. The van der Waals surface area contributed by atoms with Crippen molar-refractivity contribution >= 4 is 35.6 Å². The van der Waals surface area contributed by atoms with E-state index >= 15 is 0 Å². The number of ether oxygens (including phenoxy) is 2. The number of nitrogens with one attached hydrogen (secondary N) is 6. The molecular weight excluding hydrogens is 540 g/mol. The van der Waals surface area contributed by atoms with E-state index in [0.29, 0.717) is 5.69 Å². The standard InChI is InChI=1S/C30H28N6O6/c31-28(36-30(40)42-19-22-9-5-2-6-10-22)35-27(38)25-16-15-24(34-25)26(37)32-17-20-11-13-23(14-12-20)33-29(39)41-18-21-7-3-1-4-8-21/h1-16,34H,17-19H2,(H,32,37)(H,33,39)(H3,31,35,36,38,40). The molecule has 0 radical (unpaired) electrons. The molecule has 12 nitrogen and oxygen atoms in total. The maximum atomic E-state index is 12.5. The van der Waals surface area contributed by atoms with Gasteiger partial charge in [-0.3, -0.25) is 30.9 Å². The number of benzene rings is 3. The molecule has 42 heavy (non-hydrogen) atoms. The number of aromatic amines is 1. The predicted octanol–water partition coefficient (Wildman–Crippen LogP) is 4.28. The third-order valence-electron chi connectivity index (χ3n) is 5.72. The van der Waals surface area contributed by atoms with Crippen molar-refractivity contribution < 1.29 is 28.7 Å². The zero-order valence-electron chi connectivity index (χ0n) is 22.3. The molecule has 4 amide bonds. The van der Waals surface area contributed by atoms with Crippen molar-refractivity contribution in [1.29, 1.82) is 5.41 Å². The highest BCUT2D eigenvalue weighted by atomic mass is 16.6. The molecule has 0 saturated carbocycles. The summed E-state index contributed by atoms with van der Waals surface area (Å²) in [5.74, 6) is -1.77. The first-order chi connectivity index (χ1) is 20.4. The second kappa shape index (κ2) is 14.5. The summed E-state index contributed by atoms with van der Waals surface area (Å²) in [4.78, 5) is 51.5. The number of carbonyl (C=O) groups excluding carboxylic acids is 4. The van der Waals surface area contributed by atoms with E-state index in [0.717, 1.165) is 16.7 Å². The van der Waals surface area contributed by atoms with Gasteiger partial charge < -0.3 is 19.8 Å². The summed E-state index contributed by atoms with van der Waals surface area (Å²) >= 11 is 0. The van der Waals surface area contributed by atoms with Crippen LogP contribution in [0.4, 0.5) is 15.3 Å². The van der Waals surface area contributed by atoms with Gasteiger partial charge in [-0.05, 0) is 41.0 Å². The Kier molecular flexibility index (Phi) is 10.0. The minimum Gasteiger partial charge on any atom is -0.444 e. The molecule has 0 bridgehead atoms. The summed E-state index contributed by atoms with van der Waals surface area (Å²) in [5, 5.41) is 17.5. The van der Waals surface area contributed by atoms with Crippen molar-refractivity contribution in [3.8, 4) is 0 Å². The molecule has 6 N–H and O–H groups in total. The lowest BCUT2D eigenvalue weighted by Gasteiger charge is -2.09. The molecule has 0 fully saturated rings. The number of rotatable bonds is 9. The minimum absolute atomic E-state index is 0.00780. The Balaban J connectivity index is 1.17. The fourth-order valence-electron chi connectivity index (χ4n) is 3.59. The summed E-state index contributed by atoms with van der Waals surface area (Å²) in [5.41, 5.74) is 3.09. The van der Waals surface area contributed by atoms with Crippen LogP contribution in [0.5, 0.6) is 0 Å². The van der Waals surface area contributed by atoms with Crippen molar-refractivity contribution in [1.82, 2.24) is 20.9 Å². The number of aromatic nitrogens is 1. The highest BCUT2D eigenvalue weighted by Gasteiger charge is 2.15. The van der Waals surface area contributed by atoms with E-state index < -0.39 is 30.0 Å². The third-order valence-corrected chi connectivity index (χ3v) is 5.72. The van der Waals surface area contributed by atoms with Crippen LogP contribution in [0.1, 0.15) is 37.7 Å². The molecule has 4 rings (SSSR count). The summed E-state index contributed by atoms with van der Waals surface area (Å²) in [6.07, 6.45) is -1.48. The van der Waals surface area contributed by atoms with E-state index in [1.807, 2.05) is 36.4 Å². The van der Waals surface area contributed by atoms with Gasteiger partial charge in [0, 0.05) is 12.2 Å². The van der Waals surface area contributed by atoms with Crippen LogP contribution in [0, 0.1) is 5.41 Å². The highest BCUT2D eigenvalue weighted by Crippen LogP contribution is 2.11. The predicted molar refractivity (Wildman–Crippen MR) is 154 cm³/mol. The van der Waals surface area contributed by atoms with Gasteiger partial charge in [0.1, 0.15) is 24.6 Å². The smallest absolute Gasteiger partial charge is 0.414 e. The normalized spacial score (nSPS) is 10.2. The number of H-pyrrole nitrogens is 1. The molecule has 3 aromatic carbocycles. The first kappa shape index (κ1) is 29.1. The minimum atomic E-state index is -0.900. The number of hydrogen-bond acceptors (Lipinski definition) is 7. The van der Waals surface area contributed by atoms with Gasteiger partial charge in [0.2, 0.25) is 5.96 Å². The summed E-state index contributed by atoms with van der Waals surface area (Å²) in [6.45, 7) is 0.355. The zero-order valence-corrected chi connectivity index (χ0v) is 22.3. The van der Waals surface area contributed by atoms with Crippen LogP contribution in [0.3, 0.4) is 0 Å². The third kappa shape index (κ3) is 9.09. The molecule has 0 unspecified atom stereocenters. The van der Waals surface area contributed by atoms with Gasteiger partial charge >= 0.3 is 12.2 Å². The Morgan fingerprint density at radius 3 is 1.76 bits per heavy atom. The highest BCUT2D eigenvalue weighted by molar-refractivity contribution is 6.07. The summed E-state index contributed by atoms with van der Waals surface area (Å²) < 4.78 is 10.2. The van der Waals surface area contributed by atoms with E-state index in [1.165, 1.54) is 12.1 Å². The molecule has 0 saturated heterocycles. The first-order valence-corrected chi connectivity index (χ1v) is 12.8. The van der Waals surface area contributed by atoms with Gasteiger partial charge in [-0.25, -0.2) is 9.59 Å². The van der Waals surface area contributed by atoms with Crippen LogP contribution in [-0.2, 0) is 29.2 Å². The van der Waals surface area contributed by atoms with Crippen LogP contribution in [0.2, 0.25) is 0 Å². The van der Waals surface area contributed by atoms with Crippen LogP contribution in [-0.4, -0.2) is 34.9 Å². The van der Waals surface area contributed by atoms with Crippen molar-refractivity contribution in [2.24, 2.45) is 0 Å². The monoisotopic (exact) mass is 568 g/mol. The van der Waals surface area contributed by atoms with Crippen molar-refractivity contribution in [2.45, 2.75) is 19.8 Å². The van der Waals surface area contributed by atoms with E-state index in [4.69, 9.17) is 14.9 Å². The Labute approximate surface area is 240 Å². The lowest BCUT2D eigenvalue weighted by molar-refractivity contribution is 0.0946. The van der Waals surface area contributed by atoms with Crippen molar-refractivity contribution in [3.63, 3.8) is 0 Å². The maximum Gasteiger partial charge on any atom is 0.414 e. The van der Waals surface area contributed by atoms with Gasteiger partial charge in [-0.15, -0.1) is 0 Å². The fraction of sp³-hybridized carbons (Fsp3) is 0.100. The van der Waals surface area contributed by atoms with E-state index in [2.05, 4.69) is 26.3 Å². The molecule has 0 atom stereocenters. The Hall–Kier alpha value is -5.91. The Bertz CT molecular complexity index is 1540. The topological polar surface area (TPSA) is 174 Å². The van der Waals surface area contributed by atoms with E-state index in [1.54, 1.807) is 48.5 Å². The van der Waals surface area contributed by atoms with E-state index in [-0.39, 0.29) is 31.1 Å². The SMILES string of the molecule is N=C(NC(=O)OCc1ccccc1)NC(=O)c1ccc(C(=O)NCc2ccc(NC(=O)OCc3ccccc3)cc2)[nH]1. The average Bonchev–Trinajstić information content (AvgIpc) is 3.50. The zero-order chi connectivity index (χ0) is 29.7. The lowest BCUT2D eigenvalue weighted by Crippen LogP contribution is -2.43. The van der Waals surface area contributed by atoms with Crippen molar-refractivity contribution in [2.75, 3.05) is 5.32 Å². The summed E-state index contributed by atoms with van der Waals surface area (Å²) in [7, 11) is 0. The molecular formula is C30H28N6O6. The second-order valence-corrected chi connectivity index (χ2v) is 8.87. The first-order valence-electron chi connectivity index (χ1n) is 12.8. The largest absolute Gasteiger partial charge is 0.444 e. The molecule has 1 aromatic heterocycles. The molecule has 0 spiro atoms. The van der Waals surface area contributed by atoms with Crippen LogP contribution in [0.15, 0.2) is 97.1 Å². The molecule has 0 aliphatic rings. The molecule has 4 aromatic rings. The maximum absolute atomic E-state index is 12.5. The lowest BCUT2D eigenvalue weighted by atomic mass is 10.2. The van der Waals surface area contributed by atoms with Gasteiger partial charge in [-0.2, -0.15) is 0 Å². The molecule has 12 heteroatoms. The second-order valence-electron chi connectivity index (χ2n) is 8.87. The van der Waals surface area contributed by atoms with Gasteiger partial charge in [-0.1, -0.05) is 72.8 Å². The summed E-state index contributed by atoms with van der Waals surface area (Å²) in [6, 6.07) is 28.0. The van der Waals surface area contributed by atoms with Gasteiger partial charge in [0.25, 0.3) is 11.8 Å². The molecule has 0 aliphatic heterocycles. The van der Waals surface area contributed by atoms with E-state index in [9.17, 15) is 19.2 Å². The number of hydrogen-bond donors (Lipinski definition) is 6. The molecule has 214 valence electrons. The quantitative estimate of drug-likeness (QED) is 0.130. The number of anilines is 1.